The van der Waals surface area contributed by atoms with Crippen molar-refractivity contribution in [2.45, 2.75) is 38.1 Å². The van der Waals surface area contributed by atoms with Gasteiger partial charge in [-0.15, -0.1) is 11.3 Å². The van der Waals surface area contributed by atoms with Gasteiger partial charge in [0.05, 0.1) is 16.6 Å². The van der Waals surface area contributed by atoms with Crippen molar-refractivity contribution < 1.29 is 13.2 Å². The van der Waals surface area contributed by atoms with Crippen LogP contribution in [0.3, 0.4) is 0 Å². The van der Waals surface area contributed by atoms with Gasteiger partial charge in [-0.3, -0.25) is 14.2 Å². The molecule has 0 aliphatic rings. The van der Waals surface area contributed by atoms with E-state index in [2.05, 4.69) is 16.4 Å². The van der Waals surface area contributed by atoms with E-state index >= 15 is 0 Å². The molecule has 0 fully saturated rings. The first-order chi connectivity index (χ1) is 17.0. The average molecular weight is 525 g/mol. The monoisotopic (exact) mass is 524 g/mol. The lowest BCUT2D eigenvalue weighted by Gasteiger charge is -2.18. The molecule has 1 N–H and O–H groups in total. The van der Waals surface area contributed by atoms with Crippen LogP contribution in [0.15, 0.2) is 63.9 Å². The summed E-state index contributed by atoms with van der Waals surface area (Å²) in [6, 6.07) is 11.2. The van der Waals surface area contributed by atoms with Crippen LogP contribution in [0.25, 0.3) is 21.3 Å². The number of thiophene rings is 1. The second kappa shape index (κ2) is 9.96. The minimum atomic E-state index is -3.57. The predicted octanol–water partition coefficient (Wildman–Crippen LogP) is 4.58. The number of carbonyl (C=O) groups is 1. The van der Waals surface area contributed by atoms with Crippen LogP contribution < -0.4 is 10.9 Å². The molecule has 1 amide bonds. The number of aryl methyl sites for hydroxylation is 2. The molecule has 1 atom stereocenters. The zero-order valence-electron chi connectivity index (χ0n) is 20.8. The molecular weight excluding hydrogens is 496 g/mol. The minimum absolute atomic E-state index is 0.125. The number of nitrogens with one attached hydrogen (secondary N) is 1. The first-order valence-corrected chi connectivity index (χ1v) is 13.8. The predicted molar refractivity (Wildman–Crippen MR) is 144 cm³/mol. The van der Waals surface area contributed by atoms with E-state index in [1.54, 1.807) is 0 Å². The Morgan fingerprint density at radius 3 is 2.42 bits per heavy atom. The summed E-state index contributed by atoms with van der Waals surface area (Å²) in [4.78, 5) is 32.0. The van der Waals surface area contributed by atoms with Crippen LogP contribution in [-0.4, -0.2) is 42.3 Å². The summed E-state index contributed by atoms with van der Waals surface area (Å²) in [6.45, 7) is 5.90. The van der Waals surface area contributed by atoms with Gasteiger partial charge in [-0.25, -0.2) is 17.7 Å². The molecule has 0 spiro atoms. The van der Waals surface area contributed by atoms with Gasteiger partial charge < -0.3 is 5.32 Å². The fourth-order valence-corrected chi connectivity index (χ4v) is 5.75. The van der Waals surface area contributed by atoms with Crippen LogP contribution in [0, 0.1) is 13.8 Å². The largest absolute Gasteiger partial charge is 0.324 e. The lowest BCUT2D eigenvalue weighted by molar-refractivity contribution is -0.119. The molecule has 0 aliphatic carbocycles. The SMILES string of the molecule is CCC(C(=O)Nc1ccc(S(=O)(=O)N(C)C)cc1)n1cnc2scc(-c3ccc(C)c(C)c3)c2c1=O. The van der Waals surface area contributed by atoms with Crippen molar-refractivity contribution in [3.8, 4) is 11.1 Å². The third-order valence-electron chi connectivity index (χ3n) is 6.26. The molecule has 0 saturated heterocycles. The number of benzene rings is 2. The molecule has 10 heteroatoms. The number of nitrogens with zero attached hydrogens (tertiary/aromatic N) is 3. The number of rotatable bonds is 7. The van der Waals surface area contributed by atoms with Gasteiger partial charge in [0.15, 0.2) is 0 Å². The first kappa shape index (κ1) is 25.7. The fourth-order valence-electron chi connectivity index (χ4n) is 3.94. The topological polar surface area (TPSA) is 101 Å². The third kappa shape index (κ3) is 4.71. The van der Waals surface area contributed by atoms with E-state index in [0.29, 0.717) is 22.3 Å². The standard InChI is InChI=1S/C26H28N4O4S2/c1-6-22(24(31)28-19-9-11-20(12-10-19)36(33,34)29(4)5)30-15-27-25-23(26(30)32)21(14-35-25)18-8-7-16(2)17(3)13-18/h7-15,22H,6H2,1-5H3,(H,28,31). The molecule has 0 radical (unpaired) electrons. The highest BCUT2D eigenvalue weighted by atomic mass is 32.2. The molecule has 188 valence electrons. The van der Waals surface area contributed by atoms with Crippen molar-refractivity contribution in [3.63, 3.8) is 0 Å². The second-order valence-electron chi connectivity index (χ2n) is 8.81. The Morgan fingerprint density at radius 1 is 1.11 bits per heavy atom. The smallest absolute Gasteiger partial charge is 0.263 e. The molecule has 4 aromatic rings. The maximum atomic E-state index is 13.6. The van der Waals surface area contributed by atoms with Gasteiger partial charge in [0.2, 0.25) is 15.9 Å². The second-order valence-corrected chi connectivity index (χ2v) is 11.8. The Morgan fingerprint density at radius 2 is 1.81 bits per heavy atom. The van der Waals surface area contributed by atoms with Crippen LogP contribution in [0.4, 0.5) is 5.69 Å². The fraction of sp³-hybridized carbons (Fsp3) is 0.269. The average Bonchev–Trinajstić information content (AvgIpc) is 3.28. The Balaban J connectivity index is 1.66. The maximum Gasteiger partial charge on any atom is 0.263 e. The van der Waals surface area contributed by atoms with E-state index in [-0.39, 0.29) is 16.4 Å². The normalized spacial score (nSPS) is 12.7. The van der Waals surface area contributed by atoms with Gasteiger partial charge in [0.1, 0.15) is 10.9 Å². The minimum Gasteiger partial charge on any atom is -0.324 e. The highest BCUT2D eigenvalue weighted by Crippen LogP contribution is 2.32. The number of hydrogen-bond donors (Lipinski definition) is 1. The van der Waals surface area contributed by atoms with Crippen LogP contribution in [0.2, 0.25) is 0 Å². The molecule has 0 saturated carbocycles. The lowest BCUT2D eigenvalue weighted by atomic mass is 10.0. The Labute approximate surface area is 214 Å². The van der Waals surface area contributed by atoms with E-state index in [0.717, 1.165) is 21.0 Å². The van der Waals surface area contributed by atoms with Gasteiger partial charge in [0, 0.05) is 30.7 Å². The summed E-state index contributed by atoms with van der Waals surface area (Å²) in [5, 5.41) is 5.22. The molecular formula is C26H28N4O4S2. The Bertz CT molecular complexity index is 1600. The lowest BCUT2D eigenvalue weighted by Crippen LogP contribution is -2.33. The number of amides is 1. The highest BCUT2D eigenvalue weighted by Gasteiger charge is 2.23. The number of hydrogen-bond acceptors (Lipinski definition) is 6. The molecule has 2 aromatic heterocycles. The van der Waals surface area contributed by atoms with Crippen LogP contribution >= 0.6 is 11.3 Å². The van der Waals surface area contributed by atoms with Crippen LogP contribution in [-0.2, 0) is 14.8 Å². The van der Waals surface area contributed by atoms with Gasteiger partial charge in [-0.2, -0.15) is 0 Å². The maximum absolute atomic E-state index is 13.6. The number of aromatic nitrogens is 2. The summed E-state index contributed by atoms with van der Waals surface area (Å²) >= 11 is 1.40. The number of anilines is 1. The molecule has 36 heavy (non-hydrogen) atoms. The molecule has 2 aromatic carbocycles. The zero-order chi connectivity index (χ0) is 26.2. The van der Waals surface area contributed by atoms with Gasteiger partial charge >= 0.3 is 0 Å². The van der Waals surface area contributed by atoms with E-state index < -0.39 is 16.1 Å². The summed E-state index contributed by atoms with van der Waals surface area (Å²) in [5.74, 6) is -0.382. The molecule has 8 nitrogen and oxygen atoms in total. The van der Waals surface area contributed by atoms with Gasteiger partial charge in [0.25, 0.3) is 5.56 Å². The molecule has 0 aliphatic heterocycles. The quantitative estimate of drug-likeness (QED) is 0.381. The third-order valence-corrected chi connectivity index (χ3v) is 8.98. The Kier molecular flexibility index (Phi) is 7.12. The van der Waals surface area contributed by atoms with Crippen molar-refractivity contribution in [2.75, 3.05) is 19.4 Å². The van der Waals surface area contributed by atoms with Crippen LogP contribution in [0.5, 0.6) is 0 Å². The molecule has 2 heterocycles. The zero-order valence-corrected chi connectivity index (χ0v) is 22.4. The molecule has 0 bridgehead atoms. The number of fused-ring (bicyclic) bond motifs is 1. The summed E-state index contributed by atoms with van der Waals surface area (Å²) < 4.78 is 27.1. The van der Waals surface area contributed by atoms with Gasteiger partial charge in [-0.05, 0) is 61.2 Å². The van der Waals surface area contributed by atoms with Crippen molar-refractivity contribution in [3.05, 3.63) is 75.7 Å². The van der Waals surface area contributed by atoms with Crippen molar-refractivity contribution in [2.24, 2.45) is 0 Å². The van der Waals surface area contributed by atoms with E-state index in [1.807, 2.05) is 38.3 Å². The summed E-state index contributed by atoms with van der Waals surface area (Å²) in [6.07, 6.45) is 1.79. The van der Waals surface area contributed by atoms with E-state index in [4.69, 9.17) is 0 Å². The van der Waals surface area contributed by atoms with E-state index in [9.17, 15) is 18.0 Å². The first-order valence-electron chi connectivity index (χ1n) is 11.4. The molecule has 1 unspecified atom stereocenters. The van der Waals surface area contributed by atoms with Gasteiger partial charge in [-0.1, -0.05) is 25.1 Å². The summed E-state index contributed by atoms with van der Waals surface area (Å²) in [5.41, 5.74) is 4.20. The van der Waals surface area contributed by atoms with E-state index in [1.165, 1.54) is 66.2 Å². The Hall–Kier alpha value is -3.34. The van der Waals surface area contributed by atoms with Crippen molar-refractivity contribution >= 4 is 43.2 Å². The van der Waals surface area contributed by atoms with Crippen molar-refractivity contribution in [1.82, 2.24) is 13.9 Å². The summed E-state index contributed by atoms with van der Waals surface area (Å²) in [7, 11) is -0.658. The van der Waals surface area contributed by atoms with Crippen molar-refractivity contribution in [1.29, 1.82) is 0 Å². The van der Waals surface area contributed by atoms with Crippen LogP contribution in [0.1, 0.15) is 30.5 Å². The number of sulfonamides is 1. The highest BCUT2D eigenvalue weighted by molar-refractivity contribution is 7.89. The molecule has 4 rings (SSSR count). The number of carbonyl (C=O) groups excluding carboxylic acids is 1.